The second-order valence-corrected chi connectivity index (χ2v) is 6.38. The normalized spacial score (nSPS) is 17.2. The van der Waals surface area contributed by atoms with Crippen LogP contribution in [0.4, 0.5) is 5.69 Å². The zero-order valence-electron chi connectivity index (χ0n) is 13.3. The van der Waals surface area contributed by atoms with Crippen LogP contribution in [0, 0.1) is 12.8 Å². The van der Waals surface area contributed by atoms with Crippen molar-refractivity contribution in [2.45, 2.75) is 19.9 Å². The molecule has 1 aromatic heterocycles. The van der Waals surface area contributed by atoms with Gasteiger partial charge in [0.15, 0.2) is 0 Å². The highest BCUT2D eigenvalue weighted by atomic mass is 35.5. The van der Waals surface area contributed by atoms with Crippen molar-refractivity contribution in [3.8, 4) is 0 Å². The first-order valence-electron chi connectivity index (χ1n) is 7.77. The lowest BCUT2D eigenvalue weighted by Crippen LogP contribution is -2.28. The van der Waals surface area contributed by atoms with Crippen molar-refractivity contribution in [3.63, 3.8) is 0 Å². The van der Waals surface area contributed by atoms with E-state index in [1.165, 1.54) is 0 Å². The minimum absolute atomic E-state index is 0.0244. The Morgan fingerprint density at radius 1 is 1.38 bits per heavy atom. The topological polar surface area (TPSA) is 62.3 Å². The van der Waals surface area contributed by atoms with E-state index in [0.29, 0.717) is 23.8 Å². The van der Waals surface area contributed by atoms with Crippen LogP contribution in [0.1, 0.15) is 17.7 Å². The fraction of sp³-hybridized carbons (Fsp3) is 0.278. The Labute approximate surface area is 145 Å². The third-order valence-corrected chi connectivity index (χ3v) is 4.36. The van der Waals surface area contributed by atoms with Gasteiger partial charge in [-0.2, -0.15) is 0 Å². The molecule has 2 heterocycles. The van der Waals surface area contributed by atoms with E-state index in [2.05, 4.69) is 10.3 Å². The summed E-state index contributed by atoms with van der Waals surface area (Å²) in [7, 11) is 0. The fourth-order valence-electron chi connectivity index (χ4n) is 2.75. The second kappa shape index (κ2) is 7.01. The largest absolute Gasteiger partial charge is 0.336 e. The molecular weight excluding hydrogens is 326 g/mol. The molecule has 2 aromatic rings. The molecule has 1 aliphatic heterocycles. The Balaban J connectivity index is 1.64. The number of amides is 2. The molecule has 24 heavy (non-hydrogen) atoms. The lowest BCUT2D eigenvalue weighted by molar-refractivity contribution is -0.128. The van der Waals surface area contributed by atoms with Crippen molar-refractivity contribution in [1.82, 2.24) is 9.88 Å². The van der Waals surface area contributed by atoms with Crippen LogP contribution in [-0.4, -0.2) is 28.2 Å². The van der Waals surface area contributed by atoms with Crippen LogP contribution in [0.5, 0.6) is 0 Å². The smallest absolute Gasteiger partial charge is 0.229 e. The fourth-order valence-corrected chi connectivity index (χ4v) is 2.92. The zero-order valence-corrected chi connectivity index (χ0v) is 14.1. The van der Waals surface area contributed by atoms with Gasteiger partial charge in [0.25, 0.3) is 0 Å². The van der Waals surface area contributed by atoms with E-state index in [0.717, 1.165) is 11.3 Å². The Bertz CT molecular complexity index is 764. The number of benzene rings is 1. The lowest BCUT2D eigenvalue weighted by Gasteiger charge is -2.16. The molecule has 1 aliphatic rings. The molecule has 124 valence electrons. The highest BCUT2D eigenvalue weighted by molar-refractivity contribution is 6.31. The van der Waals surface area contributed by atoms with Crippen LogP contribution in [0.15, 0.2) is 42.6 Å². The van der Waals surface area contributed by atoms with Gasteiger partial charge < -0.3 is 10.2 Å². The van der Waals surface area contributed by atoms with Crippen LogP contribution < -0.4 is 5.32 Å². The minimum Gasteiger partial charge on any atom is -0.336 e. The number of hydrogen-bond donors (Lipinski definition) is 1. The average molecular weight is 344 g/mol. The monoisotopic (exact) mass is 343 g/mol. The van der Waals surface area contributed by atoms with Crippen LogP contribution >= 0.6 is 11.6 Å². The Kier molecular flexibility index (Phi) is 4.81. The van der Waals surface area contributed by atoms with Crippen molar-refractivity contribution in [2.24, 2.45) is 5.92 Å². The van der Waals surface area contributed by atoms with E-state index in [1.807, 2.05) is 31.2 Å². The van der Waals surface area contributed by atoms with Crippen LogP contribution in [0.25, 0.3) is 0 Å². The van der Waals surface area contributed by atoms with Crippen LogP contribution in [-0.2, 0) is 16.1 Å². The molecule has 0 bridgehead atoms. The molecular formula is C18H18ClN3O2. The molecule has 1 atom stereocenters. The maximum Gasteiger partial charge on any atom is 0.229 e. The number of aromatic nitrogens is 1. The van der Waals surface area contributed by atoms with E-state index in [-0.39, 0.29) is 24.2 Å². The van der Waals surface area contributed by atoms with Crippen molar-refractivity contribution < 1.29 is 9.59 Å². The number of aryl methyl sites for hydroxylation is 1. The number of pyridine rings is 1. The first kappa shape index (κ1) is 16.5. The van der Waals surface area contributed by atoms with Gasteiger partial charge in [-0.25, -0.2) is 0 Å². The summed E-state index contributed by atoms with van der Waals surface area (Å²) in [6, 6.07) is 10.9. The summed E-state index contributed by atoms with van der Waals surface area (Å²) in [6.45, 7) is 2.74. The Morgan fingerprint density at radius 3 is 2.96 bits per heavy atom. The van der Waals surface area contributed by atoms with Crippen molar-refractivity contribution in [2.75, 3.05) is 11.9 Å². The number of rotatable bonds is 4. The first-order valence-corrected chi connectivity index (χ1v) is 8.15. The third kappa shape index (κ3) is 3.74. The predicted molar refractivity (Wildman–Crippen MR) is 92.6 cm³/mol. The third-order valence-electron chi connectivity index (χ3n) is 4.12. The number of nitrogens with zero attached hydrogens (tertiary/aromatic N) is 2. The van der Waals surface area contributed by atoms with Gasteiger partial charge in [0.05, 0.1) is 18.2 Å². The van der Waals surface area contributed by atoms with E-state index < -0.39 is 0 Å². The summed E-state index contributed by atoms with van der Waals surface area (Å²) in [5.41, 5.74) is 2.43. The Morgan fingerprint density at radius 2 is 2.21 bits per heavy atom. The summed E-state index contributed by atoms with van der Waals surface area (Å²) in [5, 5.41) is 3.45. The summed E-state index contributed by atoms with van der Waals surface area (Å²) in [6.07, 6.45) is 1.92. The molecule has 0 spiro atoms. The number of halogens is 1. The van der Waals surface area contributed by atoms with E-state index >= 15 is 0 Å². The highest BCUT2D eigenvalue weighted by Gasteiger charge is 2.34. The quantitative estimate of drug-likeness (QED) is 0.928. The number of carbonyl (C=O) groups excluding carboxylic acids is 2. The number of nitrogens with one attached hydrogen (secondary N) is 1. The SMILES string of the molecule is Cc1ccc(Cl)cc1NC(=O)[C@@H]1CC(=O)N(Cc2ccccn2)C1. The van der Waals surface area contributed by atoms with Gasteiger partial charge in [-0.1, -0.05) is 23.7 Å². The molecule has 3 rings (SSSR count). The van der Waals surface area contributed by atoms with Crippen molar-refractivity contribution in [3.05, 3.63) is 58.9 Å². The molecule has 1 saturated heterocycles. The number of likely N-dealkylation sites (tertiary alicyclic amines) is 1. The van der Waals surface area contributed by atoms with Gasteiger partial charge in [-0.3, -0.25) is 14.6 Å². The molecule has 1 fully saturated rings. The van der Waals surface area contributed by atoms with Gasteiger partial charge in [-0.05, 0) is 36.8 Å². The molecule has 0 unspecified atom stereocenters. The number of hydrogen-bond acceptors (Lipinski definition) is 3. The lowest BCUT2D eigenvalue weighted by atomic mass is 10.1. The summed E-state index contributed by atoms with van der Waals surface area (Å²) < 4.78 is 0. The number of carbonyl (C=O) groups is 2. The molecule has 0 saturated carbocycles. The average Bonchev–Trinajstić information content (AvgIpc) is 2.93. The number of anilines is 1. The maximum absolute atomic E-state index is 12.5. The minimum atomic E-state index is -0.361. The summed E-state index contributed by atoms with van der Waals surface area (Å²) in [5.74, 6) is -0.541. The second-order valence-electron chi connectivity index (χ2n) is 5.94. The van der Waals surface area contributed by atoms with Gasteiger partial charge in [0.2, 0.25) is 11.8 Å². The van der Waals surface area contributed by atoms with Gasteiger partial charge in [-0.15, -0.1) is 0 Å². The first-order chi connectivity index (χ1) is 11.5. The molecule has 1 N–H and O–H groups in total. The molecule has 0 radical (unpaired) electrons. The maximum atomic E-state index is 12.5. The van der Waals surface area contributed by atoms with Gasteiger partial charge in [0, 0.05) is 29.9 Å². The van der Waals surface area contributed by atoms with E-state index in [1.54, 1.807) is 23.2 Å². The van der Waals surface area contributed by atoms with E-state index in [9.17, 15) is 9.59 Å². The van der Waals surface area contributed by atoms with Gasteiger partial charge >= 0.3 is 0 Å². The summed E-state index contributed by atoms with van der Waals surface area (Å²) >= 11 is 5.98. The molecule has 1 aromatic carbocycles. The van der Waals surface area contributed by atoms with Crippen LogP contribution in [0.2, 0.25) is 5.02 Å². The summed E-state index contributed by atoms with van der Waals surface area (Å²) in [4.78, 5) is 30.5. The molecule has 5 nitrogen and oxygen atoms in total. The van der Waals surface area contributed by atoms with E-state index in [4.69, 9.17) is 11.6 Å². The molecule has 2 amide bonds. The van der Waals surface area contributed by atoms with Crippen molar-refractivity contribution in [1.29, 1.82) is 0 Å². The molecule has 6 heteroatoms. The highest BCUT2D eigenvalue weighted by Crippen LogP contribution is 2.24. The van der Waals surface area contributed by atoms with Gasteiger partial charge in [0.1, 0.15) is 0 Å². The zero-order chi connectivity index (χ0) is 17.1. The van der Waals surface area contributed by atoms with Crippen LogP contribution in [0.3, 0.4) is 0 Å². The predicted octanol–water partition coefficient (Wildman–Crippen LogP) is 3.03. The Hall–Kier alpha value is -2.40. The standard InChI is InChI=1S/C18H18ClN3O2/c1-12-5-6-14(19)9-16(12)21-18(24)13-8-17(23)22(10-13)11-15-4-2-3-7-20-15/h2-7,9,13H,8,10-11H2,1H3,(H,21,24)/t13-/m1/s1. The molecule has 0 aliphatic carbocycles. The van der Waals surface area contributed by atoms with Crippen molar-refractivity contribution >= 4 is 29.1 Å².